The Morgan fingerprint density at radius 1 is 1.28 bits per heavy atom. The highest BCUT2D eigenvalue weighted by molar-refractivity contribution is 7.99. The average molecular weight is 393 g/mol. The van der Waals surface area contributed by atoms with Crippen molar-refractivity contribution in [3.05, 3.63) is 24.3 Å². The largest absolute Gasteiger partial charge is 0.452 e. The lowest BCUT2D eigenvalue weighted by Crippen LogP contribution is -2.32. The summed E-state index contributed by atoms with van der Waals surface area (Å²) < 4.78 is 52.2. The number of hydrogen-bond acceptors (Lipinski definition) is 6. The highest BCUT2D eigenvalue weighted by atomic mass is 32.2. The second-order valence-corrected chi connectivity index (χ2v) is 8.86. The van der Waals surface area contributed by atoms with Gasteiger partial charge in [-0.3, -0.25) is 9.59 Å². The predicted octanol–water partition coefficient (Wildman–Crippen LogP) is 2.31. The van der Waals surface area contributed by atoms with Crippen LogP contribution in [0.15, 0.2) is 29.2 Å². The van der Waals surface area contributed by atoms with Crippen molar-refractivity contribution in [2.24, 2.45) is 5.92 Å². The van der Waals surface area contributed by atoms with Crippen LogP contribution >= 0.6 is 11.8 Å². The van der Waals surface area contributed by atoms with Gasteiger partial charge < -0.3 is 10.1 Å². The Hall–Kier alpha value is -1.68. The number of rotatable bonds is 6. The maximum atomic E-state index is 12.2. The molecule has 1 aliphatic heterocycles. The zero-order valence-corrected chi connectivity index (χ0v) is 14.9. The van der Waals surface area contributed by atoms with Gasteiger partial charge in [-0.15, -0.1) is 0 Å². The molecule has 25 heavy (non-hydrogen) atoms. The smallest absolute Gasteiger partial charge is 0.310 e. The van der Waals surface area contributed by atoms with Gasteiger partial charge in [-0.1, -0.05) is 11.8 Å². The third-order valence-corrected chi connectivity index (χ3v) is 6.07. The van der Waals surface area contributed by atoms with E-state index in [1.54, 1.807) is 0 Å². The molecule has 0 bridgehead atoms. The van der Waals surface area contributed by atoms with E-state index in [9.17, 15) is 26.8 Å². The van der Waals surface area contributed by atoms with Crippen LogP contribution < -0.4 is 5.32 Å². The normalized spacial score (nSPS) is 20.2. The first-order valence-corrected chi connectivity index (χ1v) is 10.1. The molecule has 2 atom stereocenters. The molecule has 2 rings (SSSR count). The molecule has 1 saturated heterocycles. The number of alkyl halides is 2. The Labute approximate surface area is 148 Å². The second kappa shape index (κ2) is 8.13. The molecule has 0 unspecified atom stereocenters. The Balaban J connectivity index is 1.86. The molecular formula is C15H17F2NO5S2. The van der Waals surface area contributed by atoms with Gasteiger partial charge >= 0.3 is 5.97 Å². The van der Waals surface area contributed by atoms with Gasteiger partial charge in [-0.05, 0) is 37.6 Å². The van der Waals surface area contributed by atoms with Crippen molar-refractivity contribution in [2.75, 3.05) is 16.8 Å². The lowest BCUT2D eigenvalue weighted by Gasteiger charge is -2.15. The summed E-state index contributed by atoms with van der Waals surface area (Å²) in [6.45, 7) is 1.37. The van der Waals surface area contributed by atoms with Crippen molar-refractivity contribution in [2.45, 2.75) is 30.1 Å². The quantitative estimate of drug-likeness (QED) is 0.589. The first-order valence-electron chi connectivity index (χ1n) is 7.43. The van der Waals surface area contributed by atoms with Gasteiger partial charge in [0.15, 0.2) is 15.9 Å². The van der Waals surface area contributed by atoms with Gasteiger partial charge in [-0.25, -0.2) is 8.42 Å². The summed E-state index contributed by atoms with van der Waals surface area (Å²) in [6, 6.07) is 5.79. The molecule has 1 heterocycles. The Bertz CT molecular complexity index is 737. The minimum absolute atomic E-state index is 0.0592. The molecular weight excluding hydrogens is 376 g/mol. The minimum Gasteiger partial charge on any atom is -0.452 e. The molecule has 6 nitrogen and oxygen atoms in total. The summed E-state index contributed by atoms with van der Waals surface area (Å²) in [5.41, 5.74) is 0.370. The number of nitrogens with one attached hydrogen (secondary N) is 1. The molecule has 1 N–H and O–H groups in total. The molecule has 138 valence electrons. The SMILES string of the molecule is C[C@H](OC(=O)[C@@H]1CCS(=O)(=O)C1)C(=O)Nc1ccc(SC(F)F)cc1. The van der Waals surface area contributed by atoms with Gasteiger partial charge in [-0.2, -0.15) is 8.78 Å². The highest BCUT2D eigenvalue weighted by Crippen LogP contribution is 2.26. The third-order valence-electron chi connectivity index (χ3n) is 3.57. The fourth-order valence-corrected chi connectivity index (χ4v) is 4.49. The van der Waals surface area contributed by atoms with Crippen LogP contribution in [0.25, 0.3) is 0 Å². The summed E-state index contributed by atoms with van der Waals surface area (Å²) in [4.78, 5) is 24.3. The van der Waals surface area contributed by atoms with E-state index in [0.29, 0.717) is 22.3 Å². The Kier molecular flexibility index (Phi) is 6.39. The van der Waals surface area contributed by atoms with Crippen molar-refractivity contribution in [3.8, 4) is 0 Å². The number of ether oxygens (including phenoxy) is 1. The van der Waals surface area contributed by atoms with Crippen LogP contribution in [-0.2, 0) is 24.2 Å². The number of amides is 1. The summed E-state index contributed by atoms with van der Waals surface area (Å²) in [5, 5.41) is 2.50. The molecule has 1 aromatic carbocycles. The summed E-state index contributed by atoms with van der Waals surface area (Å²) >= 11 is 0.390. The summed E-state index contributed by atoms with van der Waals surface area (Å²) in [7, 11) is -3.21. The van der Waals surface area contributed by atoms with E-state index in [1.807, 2.05) is 0 Å². The molecule has 1 aromatic rings. The van der Waals surface area contributed by atoms with Crippen LogP contribution in [-0.4, -0.2) is 43.7 Å². The lowest BCUT2D eigenvalue weighted by molar-refractivity contribution is -0.156. The van der Waals surface area contributed by atoms with Gasteiger partial charge in [0.25, 0.3) is 11.7 Å². The molecule has 0 saturated carbocycles. The molecule has 0 spiro atoms. The molecule has 10 heteroatoms. The van der Waals surface area contributed by atoms with E-state index in [1.165, 1.54) is 31.2 Å². The van der Waals surface area contributed by atoms with Crippen LogP contribution in [0, 0.1) is 5.92 Å². The molecule has 1 aliphatic rings. The Morgan fingerprint density at radius 2 is 1.92 bits per heavy atom. The molecule has 0 aliphatic carbocycles. The van der Waals surface area contributed by atoms with Crippen molar-refractivity contribution in [3.63, 3.8) is 0 Å². The fraction of sp³-hybridized carbons (Fsp3) is 0.467. The van der Waals surface area contributed by atoms with Crippen LogP contribution in [0.3, 0.4) is 0 Å². The number of thioether (sulfide) groups is 1. The minimum atomic E-state index is -3.21. The Morgan fingerprint density at radius 3 is 2.44 bits per heavy atom. The zero-order chi connectivity index (χ0) is 18.6. The maximum absolute atomic E-state index is 12.2. The number of esters is 1. The maximum Gasteiger partial charge on any atom is 0.310 e. The first-order chi connectivity index (χ1) is 11.7. The molecule has 0 aromatic heterocycles. The van der Waals surface area contributed by atoms with Crippen LogP contribution in [0.1, 0.15) is 13.3 Å². The number of sulfone groups is 1. The molecule has 1 amide bonds. The fourth-order valence-electron chi connectivity index (χ4n) is 2.27. The van der Waals surface area contributed by atoms with E-state index >= 15 is 0 Å². The number of anilines is 1. The van der Waals surface area contributed by atoms with Crippen molar-refractivity contribution in [1.82, 2.24) is 0 Å². The second-order valence-electron chi connectivity index (χ2n) is 5.57. The molecule has 1 fully saturated rings. The predicted molar refractivity (Wildman–Crippen MR) is 89.2 cm³/mol. The number of halogens is 2. The van der Waals surface area contributed by atoms with Crippen LogP contribution in [0.5, 0.6) is 0 Å². The molecule has 0 radical (unpaired) electrons. The summed E-state index contributed by atoms with van der Waals surface area (Å²) in [5.74, 6) is -4.90. The van der Waals surface area contributed by atoms with E-state index in [-0.39, 0.29) is 17.9 Å². The number of benzene rings is 1. The van der Waals surface area contributed by atoms with Crippen LogP contribution in [0.2, 0.25) is 0 Å². The highest BCUT2D eigenvalue weighted by Gasteiger charge is 2.35. The number of carbonyl (C=O) groups excluding carboxylic acids is 2. The summed E-state index contributed by atoms with van der Waals surface area (Å²) in [6.07, 6.45) is -0.912. The van der Waals surface area contributed by atoms with E-state index < -0.39 is 39.5 Å². The van der Waals surface area contributed by atoms with E-state index in [0.717, 1.165) is 0 Å². The lowest BCUT2D eigenvalue weighted by atomic mass is 10.1. The van der Waals surface area contributed by atoms with Gasteiger partial charge in [0.2, 0.25) is 0 Å². The van der Waals surface area contributed by atoms with Crippen molar-refractivity contribution < 1.29 is 31.5 Å². The van der Waals surface area contributed by atoms with Gasteiger partial charge in [0.1, 0.15) is 0 Å². The van der Waals surface area contributed by atoms with Gasteiger partial charge in [0, 0.05) is 10.6 Å². The first kappa shape index (κ1) is 19.6. The van der Waals surface area contributed by atoms with Crippen LogP contribution in [0.4, 0.5) is 14.5 Å². The topological polar surface area (TPSA) is 89.5 Å². The van der Waals surface area contributed by atoms with E-state index in [4.69, 9.17) is 4.74 Å². The number of carbonyl (C=O) groups is 2. The van der Waals surface area contributed by atoms with Gasteiger partial charge in [0.05, 0.1) is 17.4 Å². The monoisotopic (exact) mass is 393 g/mol. The average Bonchev–Trinajstić information content (AvgIpc) is 2.89. The van der Waals surface area contributed by atoms with E-state index in [2.05, 4.69) is 5.32 Å². The van der Waals surface area contributed by atoms with Crippen molar-refractivity contribution >= 4 is 39.2 Å². The number of hydrogen-bond donors (Lipinski definition) is 1. The zero-order valence-electron chi connectivity index (χ0n) is 13.3. The standard InChI is InChI=1S/C15H17F2NO5S2/c1-9(23-14(20)10-6-7-25(21,22)8-10)13(19)18-11-2-4-12(5-3-11)24-15(16)17/h2-5,9-10,15H,6-8H2,1H3,(H,18,19)/t9-,10+/m0/s1. The third kappa shape index (κ3) is 5.96. The van der Waals surface area contributed by atoms with Crippen molar-refractivity contribution in [1.29, 1.82) is 0 Å².